The van der Waals surface area contributed by atoms with Gasteiger partial charge in [0.05, 0.1) is 19.3 Å². The van der Waals surface area contributed by atoms with E-state index in [9.17, 15) is 0 Å². The fourth-order valence-corrected chi connectivity index (χ4v) is 2.47. The van der Waals surface area contributed by atoms with Crippen LogP contribution < -0.4 is 4.74 Å². The van der Waals surface area contributed by atoms with Crippen LogP contribution in [0.1, 0.15) is 5.56 Å². The van der Waals surface area contributed by atoms with Crippen molar-refractivity contribution in [2.75, 3.05) is 7.11 Å². The lowest BCUT2D eigenvalue weighted by Crippen LogP contribution is -2.04. The van der Waals surface area contributed by atoms with Crippen LogP contribution in [0, 0.1) is 0 Å². The number of methoxy groups -OCH3 is 1. The van der Waals surface area contributed by atoms with E-state index in [-0.39, 0.29) is 0 Å². The highest BCUT2D eigenvalue weighted by Crippen LogP contribution is 2.25. The van der Waals surface area contributed by atoms with Crippen molar-refractivity contribution in [3.8, 4) is 17.0 Å². The molecule has 0 aliphatic rings. The maximum Gasteiger partial charge on any atom is 0.119 e. The van der Waals surface area contributed by atoms with E-state index in [0.717, 1.165) is 27.6 Å². The Balaban J connectivity index is 1.95. The zero-order valence-corrected chi connectivity index (χ0v) is 12.4. The molecule has 0 spiro atoms. The lowest BCUT2D eigenvalue weighted by molar-refractivity contribution is 0.415. The van der Waals surface area contributed by atoms with Gasteiger partial charge in [-0.15, -0.1) is 0 Å². The van der Waals surface area contributed by atoms with E-state index in [1.807, 2.05) is 59.3 Å². The SMILES string of the molecule is COc1cccc(-c2ccnn2Cc2ccccc2Cl)c1. The first-order chi connectivity index (χ1) is 10.3. The van der Waals surface area contributed by atoms with Gasteiger partial charge in [0.1, 0.15) is 5.75 Å². The molecule has 0 aliphatic heterocycles. The van der Waals surface area contributed by atoms with Gasteiger partial charge in [0.2, 0.25) is 0 Å². The molecule has 0 fully saturated rings. The lowest BCUT2D eigenvalue weighted by atomic mass is 10.1. The van der Waals surface area contributed by atoms with Crippen molar-refractivity contribution in [3.05, 3.63) is 71.4 Å². The molecule has 0 aliphatic carbocycles. The molecule has 0 unspecified atom stereocenters. The van der Waals surface area contributed by atoms with Crippen LogP contribution in [0.2, 0.25) is 5.02 Å². The van der Waals surface area contributed by atoms with E-state index in [0.29, 0.717) is 6.54 Å². The predicted octanol–water partition coefficient (Wildman–Crippen LogP) is 4.26. The first kappa shape index (κ1) is 13.7. The molecule has 4 heteroatoms. The van der Waals surface area contributed by atoms with Gasteiger partial charge in [0, 0.05) is 16.8 Å². The smallest absolute Gasteiger partial charge is 0.119 e. The lowest BCUT2D eigenvalue weighted by Gasteiger charge is -2.10. The summed E-state index contributed by atoms with van der Waals surface area (Å²) < 4.78 is 7.22. The summed E-state index contributed by atoms with van der Waals surface area (Å²) in [5, 5.41) is 5.16. The molecule has 3 rings (SSSR count). The summed E-state index contributed by atoms with van der Waals surface area (Å²) in [6.07, 6.45) is 1.80. The number of hydrogen-bond donors (Lipinski definition) is 0. The highest BCUT2D eigenvalue weighted by atomic mass is 35.5. The maximum atomic E-state index is 6.23. The quantitative estimate of drug-likeness (QED) is 0.719. The van der Waals surface area contributed by atoms with Gasteiger partial charge in [-0.05, 0) is 29.8 Å². The van der Waals surface area contributed by atoms with Gasteiger partial charge < -0.3 is 4.74 Å². The standard InChI is InChI=1S/C17H15ClN2O/c1-21-15-7-4-6-13(11-15)17-9-10-19-20(17)12-14-5-2-3-8-16(14)18/h2-11H,12H2,1H3. The molecule has 1 heterocycles. The van der Waals surface area contributed by atoms with Crippen molar-refractivity contribution in [3.63, 3.8) is 0 Å². The molecular formula is C17H15ClN2O. The van der Waals surface area contributed by atoms with Crippen LogP contribution in [0.4, 0.5) is 0 Å². The molecule has 0 saturated heterocycles. The van der Waals surface area contributed by atoms with Crippen molar-refractivity contribution in [1.82, 2.24) is 9.78 Å². The van der Waals surface area contributed by atoms with E-state index >= 15 is 0 Å². The van der Waals surface area contributed by atoms with Crippen molar-refractivity contribution >= 4 is 11.6 Å². The number of aromatic nitrogens is 2. The Bertz CT molecular complexity index is 752. The van der Waals surface area contributed by atoms with Crippen LogP contribution >= 0.6 is 11.6 Å². The van der Waals surface area contributed by atoms with Crippen LogP contribution in [0.15, 0.2) is 60.8 Å². The van der Waals surface area contributed by atoms with E-state index < -0.39 is 0 Å². The topological polar surface area (TPSA) is 27.1 Å². The average molecular weight is 299 g/mol. The Hall–Kier alpha value is -2.26. The molecular weight excluding hydrogens is 284 g/mol. The predicted molar refractivity (Wildman–Crippen MR) is 84.8 cm³/mol. The van der Waals surface area contributed by atoms with Crippen LogP contribution in [0.25, 0.3) is 11.3 Å². The second kappa shape index (κ2) is 6.02. The van der Waals surface area contributed by atoms with Crippen LogP contribution in [-0.4, -0.2) is 16.9 Å². The molecule has 0 atom stereocenters. The molecule has 3 nitrogen and oxygen atoms in total. The number of halogens is 1. The van der Waals surface area contributed by atoms with Gasteiger partial charge in [0.15, 0.2) is 0 Å². The van der Waals surface area contributed by atoms with E-state index in [1.165, 1.54) is 0 Å². The zero-order valence-electron chi connectivity index (χ0n) is 11.7. The molecule has 0 amide bonds. The summed E-state index contributed by atoms with van der Waals surface area (Å²) in [4.78, 5) is 0. The van der Waals surface area contributed by atoms with E-state index in [2.05, 4.69) is 5.10 Å². The Morgan fingerprint density at radius 2 is 1.95 bits per heavy atom. The maximum absolute atomic E-state index is 6.23. The molecule has 106 valence electrons. The van der Waals surface area contributed by atoms with Crippen LogP contribution in [0.5, 0.6) is 5.75 Å². The minimum Gasteiger partial charge on any atom is -0.497 e. The third-order valence-corrected chi connectivity index (χ3v) is 3.73. The van der Waals surface area contributed by atoms with Gasteiger partial charge in [-0.3, -0.25) is 4.68 Å². The average Bonchev–Trinajstić information content (AvgIpc) is 2.98. The molecule has 1 aromatic heterocycles. The highest BCUT2D eigenvalue weighted by molar-refractivity contribution is 6.31. The van der Waals surface area contributed by atoms with Crippen molar-refractivity contribution < 1.29 is 4.74 Å². The van der Waals surface area contributed by atoms with E-state index in [4.69, 9.17) is 16.3 Å². The Kier molecular flexibility index (Phi) is 3.93. The number of hydrogen-bond acceptors (Lipinski definition) is 2. The number of nitrogens with zero attached hydrogens (tertiary/aromatic N) is 2. The molecule has 0 N–H and O–H groups in total. The van der Waals surface area contributed by atoms with Gasteiger partial charge in [0.25, 0.3) is 0 Å². The van der Waals surface area contributed by atoms with Crippen LogP contribution in [-0.2, 0) is 6.54 Å². The van der Waals surface area contributed by atoms with Gasteiger partial charge in [-0.2, -0.15) is 5.10 Å². The normalized spacial score (nSPS) is 10.6. The van der Waals surface area contributed by atoms with Gasteiger partial charge >= 0.3 is 0 Å². The fraction of sp³-hybridized carbons (Fsp3) is 0.118. The summed E-state index contributed by atoms with van der Waals surface area (Å²) in [6.45, 7) is 0.638. The largest absolute Gasteiger partial charge is 0.497 e. The molecule has 2 aromatic carbocycles. The highest BCUT2D eigenvalue weighted by Gasteiger charge is 2.08. The number of ether oxygens (including phenoxy) is 1. The van der Waals surface area contributed by atoms with Crippen molar-refractivity contribution in [2.45, 2.75) is 6.54 Å². The zero-order chi connectivity index (χ0) is 14.7. The second-order valence-corrected chi connectivity index (χ2v) is 5.10. The number of benzene rings is 2. The Morgan fingerprint density at radius 1 is 1.10 bits per heavy atom. The van der Waals surface area contributed by atoms with Gasteiger partial charge in [-0.25, -0.2) is 0 Å². The summed E-state index contributed by atoms with van der Waals surface area (Å²) in [7, 11) is 1.67. The van der Waals surface area contributed by atoms with Gasteiger partial charge in [-0.1, -0.05) is 41.9 Å². The molecule has 0 saturated carbocycles. The minimum atomic E-state index is 0.638. The Labute approximate surface area is 128 Å². The van der Waals surface area contributed by atoms with Crippen molar-refractivity contribution in [1.29, 1.82) is 0 Å². The minimum absolute atomic E-state index is 0.638. The fourth-order valence-electron chi connectivity index (χ4n) is 2.27. The first-order valence-corrected chi connectivity index (χ1v) is 7.05. The monoisotopic (exact) mass is 298 g/mol. The first-order valence-electron chi connectivity index (χ1n) is 6.67. The molecule has 0 bridgehead atoms. The summed E-state index contributed by atoms with van der Waals surface area (Å²) in [6, 6.07) is 17.8. The third-order valence-electron chi connectivity index (χ3n) is 3.36. The summed E-state index contributed by atoms with van der Waals surface area (Å²) in [5.74, 6) is 0.831. The Morgan fingerprint density at radius 3 is 2.76 bits per heavy atom. The van der Waals surface area contributed by atoms with E-state index in [1.54, 1.807) is 13.3 Å². The van der Waals surface area contributed by atoms with Crippen molar-refractivity contribution in [2.24, 2.45) is 0 Å². The molecule has 21 heavy (non-hydrogen) atoms. The molecule has 0 radical (unpaired) electrons. The molecule has 3 aromatic rings. The van der Waals surface area contributed by atoms with Crippen LogP contribution in [0.3, 0.4) is 0 Å². The summed E-state index contributed by atoms with van der Waals surface area (Å²) in [5.41, 5.74) is 3.15. The second-order valence-electron chi connectivity index (χ2n) is 4.70. The number of rotatable bonds is 4. The third kappa shape index (κ3) is 2.93. The summed E-state index contributed by atoms with van der Waals surface area (Å²) >= 11 is 6.23.